The lowest BCUT2D eigenvalue weighted by atomic mass is 10.1. The molecule has 0 atom stereocenters. The van der Waals surface area contributed by atoms with Crippen molar-refractivity contribution in [1.29, 1.82) is 0 Å². The average Bonchev–Trinajstić information content (AvgIpc) is 2.50. The largest absolute Gasteiger partial charge is 0.497 e. The Morgan fingerprint density at radius 3 is 2.59 bits per heavy atom. The maximum Gasteiger partial charge on any atom is 0.229 e. The third-order valence-corrected chi connectivity index (χ3v) is 3.28. The molecule has 4 nitrogen and oxygen atoms in total. The maximum atomic E-state index is 13.7. The highest BCUT2D eigenvalue weighted by Gasteiger charge is 2.12. The molecule has 2 rings (SSSR count). The number of anilines is 1. The Kier molecular flexibility index (Phi) is 5.22. The first-order valence-electron chi connectivity index (χ1n) is 6.49. The minimum Gasteiger partial charge on any atom is -0.497 e. The van der Waals surface area contributed by atoms with Crippen LogP contribution in [0.4, 0.5) is 10.1 Å². The molecule has 0 saturated carbocycles. The second kappa shape index (κ2) is 7.13. The van der Waals surface area contributed by atoms with Crippen molar-refractivity contribution in [3.63, 3.8) is 0 Å². The summed E-state index contributed by atoms with van der Waals surface area (Å²) in [5.41, 5.74) is 0.727. The first kappa shape index (κ1) is 16.1. The van der Waals surface area contributed by atoms with Crippen LogP contribution in [0, 0.1) is 5.82 Å². The van der Waals surface area contributed by atoms with E-state index >= 15 is 0 Å². The van der Waals surface area contributed by atoms with E-state index in [0.29, 0.717) is 17.1 Å². The zero-order valence-electron chi connectivity index (χ0n) is 12.2. The van der Waals surface area contributed by atoms with Gasteiger partial charge in [-0.3, -0.25) is 4.79 Å². The van der Waals surface area contributed by atoms with Crippen molar-refractivity contribution in [1.82, 2.24) is 0 Å². The molecule has 1 N–H and O–H groups in total. The van der Waals surface area contributed by atoms with E-state index in [1.165, 1.54) is 26.4 Å². The second-order valence-electron chi connectivity index (χ2n) is 4.53. The molecule has 0 fully saturated rings. The first-order valence-corrected chi connectivity index (χ1v) is 6.87. The Morgan fingerprint density at radius 2 is 1.95 bits per heavy atom. The Morgan fingerprint density at radius 1 is 1.18 bits per heavy atom. The van der Waals surface area contributed by atoms with Crippen molar-refractivity contribution in [2.45, 2.75) is 6.42 Å². The van der Waals surface area contributed by atoms with Gasteiger partial charge in [0.2, 0.25) is 5.91 Å². The number of amides is 1. The van der Waals surface area contributed by atoms with Crippen LogP contribution < -0.4 is 14.8 Å². The zero-order chi connectivity index (χ0) is 16.1. The molecule has 0 aliphatic rings. The summed E-state index contributed by atoms with van der Waals surface area (Å²) in [6.45, 7) is 0. The lowest BCUT2D eigenvalue weighted by Gasteiger charge is -2.11. The molecule has 0 radical (unpaired) electrons. The van der Waals surface area contributed by atoms with Gasteiger partial charge in [0.25, 0.3) is 0 Å². The highest BCUT2D eigenvalue weighted by atomic mass is 35.5. The minimum atomic E-state index is -0.585. The Balaban J connectivity index is 2.14. The van der Waals surface area contributed by atoms with Gasteiger partial charge in [-0.25, -0.2) is 4.39 Å². The number of halogens is 2. The molecule has 0 unspecified atom stereocenters. The van der Waals surface area contributed by atoms with Gasteiger partial charge in [-0.15, -0.1) is 0 Å². The van der Waals surface area contributed by atoms with Crippen molar-refractivity contribution < 1.29 is 18.7 Å². The Labute approximate surface area is 132 Å². The van der Waals surface area contributed by atoms with Crippen LogP contribution in [-0.4, -0.2) is 20.1 Å². The molecule has 0 heterocycles. The van der Waals surface area contributed by atoms with Crippen LogP contribution in [0.15, 0.2) is 36.4 Å². The standard InChI is InChI=1S/C16H15ClFNO3/c1-21-12-4-6-15(22-2)10(7-12)8-16(20)19-14-5-3-11(17)9-13(14)18/h3-7,9H,8H2,1-2H3,(H,19,20). The third-order valence-electron chi connectivity index (χ3n) is 3.04. The van der Waals surface area contributed by atoms with Gasteiger partial charge in [0.05, 0.1) is 26.3 Å². The molecule has 116 valence electrons. The predicted octanol–water partition coefficient (Wildman–Crippen LogP) is 3.68. The minimum absolute atomic E-state index is 0.0302. The van der Waals surface area contributed by atoms with Gasteiger partial charge in [0, 0.05) is 10.6 Å². The van der Waals surface area contributed by atoms with Gasteiger partial charge in [-0.05, 0) is 36.4 Å². The fraction of sp³-hybridized carbons (Fsp3) is 0.188. The topological polar surface area (TPSA) is 47.6 Å². The fourth-order valence-electron chi connectivity index (χ4n) is 1.98. The number of hydrogen-bond donors (Lipinski definition) is 1. The fourth-order valence-corrected chi connectivity index (χ4v) is 2.14. The van der Waals surface area contributed by atoms with Crippen molar-refractivity contribution in [3.05, 3.63) is 52.8 Å². The third kappa shape index (κ3) is 3.89. The van der Waals surface area contributed by atoms with E-state index in [9.17, 15) is 9.18 Å². The van der Waals surface area contributed by atoms with Crippen LogP contribution in [0.3, 0.4) is 0 Å². The molecule has 0 aliphatic carbocycles. The van der Waals surface area contributed by atoms with E-state index in [-0.39, 0.29) is 23.0 Å². The van der Waals surface area contributed by atoms with Crippen LogP contribution in [0.5, 0.6) is 11.5 Å². The molecule has 1 amide bonds. The summed E-state index contributed by atoms with van der Waals surface area (Å²) in [5.74, 6) is 0.222. The molecule has 0 aromatic heterocycles. The lowest BCUT2D eigenvalue weighted by molar-refractivity contribution is -0.115. The second-order valence-corrected chi connectivity index (χ2v) is 4.96. The Hall–Kier alpha value is -2.27. The van der Waals surface area contributed by atoms with Crippen LogP contribution in [-0.2, 0) is 11.2 Å². The van der Waals surface area contributed by atoms with Crippen molar-refractivity contribution >= 4 is 23.2 Å². The summed E-state index contributed by atoms with van der Waals surface area (Å²) in [6, 6.07) is 9.22. The van der Waals surface area contributed by atoms with Gasteiger partial charge < -0.3 is 14.8 Å². The highest BCUT2D eigenvalue weighted by molar-refractivity contribution is 6.30. The van der Waals surface area contributed by atoms with E-state index < -0.39 is 5.82 Å². The van der Waals surface area contributed by atoms with Crippen LogP contribution >= 0.6 is 11.6 Å². The molecule has 0 aliphatic heterocycles. The summed E-state index contributed by atoms with van der Waals surface area (Å²) in [6.07, 6.45) is 0.0302. The summed E-state index contributed by atoms with van der Waals surface area (Å²) in [7, 11) is 3.05. The number of methoxy groups -OCH3 is 2. The number of nitrogens with one attached hydrogen (secondary N) is 1. The van der Waals surface area contributed by atoms with Gasteiger partial charge in [0.15, 0.2) is 0 Å². The van der Waals surface area contributed by atoms with Gasteiger partial charge in [-0.1, -0.05) is 11.6 Å². The SMILES string of the molecule is COc1ccc(OC)c(CC(=O)Nc2ccc(Cl)cc2F)c1. The number of rotatable bonds is 5. The number of carbonyl (C=O) groups excluding carboxylic acids is 1. The zero-order valence-corrected chi connectivity index (χ0v) is 12.9. The van der Waals surface area contributed by atoms with Crippen molar-refractivity contribution in [2.24, 2.45) is 0 Å². The number of carbonyl (C=O) groups is 1. The van der Waals surface area contributed by atoms with Crippen molar-refractivity contribution in [3.8, 4) is 11.5 Å². The number of hydrogen-bond acceptors (Lipinski definition) is 3. The number of ether oxygens (including phenoxy) is 2. The van der Waals surface area contributed by atoms with Gasteiger partial charge in [0.1, 0.15) is 17.3 Å². The van der Waals surface area contributed by atoms with Gasteiger partial charge in [-0.2, -0.15) is 0 Å². The van der Waals surface area contributed by atoms with E-state index in [0.717, 1.165) is 6.07 Å². The van der Waals surface area contributed by atoms with Crippen LogP contribution in [0.2, 0.25) is 5.02 Å². The van der Waals surface area contributed by atoms with Crippen molar-refractivity contribution in [2.75, 3.05) is 19.5 Å². The lowest BCUT2D eigenvalue weighted by Crippen LogP contribution is -2.16. The Bertz CT molecular complexity index is 691. The molecule has 2 aromatic carbocycles. The molecule has 0 saturated heterocycles. The van der Waals surface area contributed by atoms with Crippen LogP contribution in [0.1, 0.15) is 5.56 Å². The van der Waals surface area contributed by atoms with E-state index in [2.05, 4.69) is 5.32 Å². The average molecular weight is 324 g/mol. The van der Waals surface area contributed by atoms with E-state index in [1.54, 1.807) is 18.2 Å². The molecular weight excluding hydrogens is 309 g/mol. The monoisotopic (exact) mass is 323 g/mol. The first-order chi connectivity index (χ1) is 10.5. The van der Waals surface area contributed by atoms with E-state index in [4.69, 9.17) is 21.1 Å². The smallest absolute Gasteiger partial charge is 0.229 e. The number of benzene rings is 2. The molecule has 0 bridgehead atoms. The molecule has 0 spiro atoms. The van der Waals surface area contributed by atoms with Gasteiger partial charge >= 0.3 is 0 Å². The maximum absolute atomic E-state index is 13.7. The summed E-state index contributed by atoms with van der Waals surface area (Å²) < 4.78 is 24.0. The summed E-state index contributed by atoms with van der Waals surface area (Å²) >= 11 is 5.67. The summed E-state index contributed by atoms with van der Waals surface area (Å²) in [5, 5.41) is 2.77. The molecule has 6 heteroatoms. The van der Waals surface area contributed by atoms with E-state index in [1.807, 2.05) is 0 Å². The molecule has 2 aromatic rings. The predicted molar refractivity (Wildman–Crippen MR) is 83.3 cm³/mol. The summed E-state index contributed by atoms with van der Waals surface area (Å²) in [4.78, 5) is 12.1. The van der Waals surface area contributed by atoms with Crippen LogP contribution in [0.25, 0.3) is 0 Å². The normalized spacial score (nSPS) is 10.2. The molecular formula is C16H15ClFNO3. The quantitative estimate of drug-likeness (QED) is 0.913. The molecule has 22 heavy (non-hydrogen) atoms. The highest BCUT2D eigenvalue weighted by Crippen LogP contribution is 2.25.